The minimum absolute atomic E-state index is 0.212. The van der Waals surface area contributed by atoms with Gasteiger partial charge in [-0.1, -0.05) is 0 Å². The van der Waals surface area contributed by atoms with Gasteiger partial charge in [0.25, 0.3) is 0 Å². The van der Waals surface area contributed by atoms with E-state index in [4.69, 9.17) is 9.84 Å². The van der Waals surface area contributed by atoms with Crippen LogP contribution in [0.5, 0.6) is 5.75 Å². The Morgan fingerprint density at radius 2 is 1.91 bits per heavy atom. The number of hydrogen-bond donors (Lipinski definition) is 1. The zero-order valence-corrected chi connectivity index (χ0v) is 19.0. The van der Waals surface area contributed by atoms with Crippen molar-refractivity contribution in [2.45, 2.75) is 51.7 Å². The van der Waals surface area contributed by atoms with Crippen molar-refractivity contribution in [3.05, 3.63) is 48.2 Å². The summed E-state index contributed by atoms with van der Waals surface area (Å²) in [5, 5.41) is 13.6. The normalized spacial score (nSPS) is 18.8. The first-order valence-corrected chi connectivity index (χ1v) is 11.2. The molecule has 0 aliphatic heterocycles. The molecule has 8 nitrogen and oxygen atoms in total. The summed E-state index contributed by atoms with van der Waals surface area (Å²) in [6.07, 6.45) is 10.0. The van der Waals surface area contributed by atoms with Crippen molar-refractivity contribution in [2.24, 2.45) is 7.05 Å². The largest absolute Gasteiger partial charge is 0.489 e. The third kappa shape index (κ3) is 3.81. The Hall–Kier alpha value is -3.42. The van der Waals surface area contributed by atoms with Gasteiger partial charge in [0.15, 0.2) is 0 Å². The number of fused-ring (bicyclic) bond motifs is 1. The van der Waals surface area contributed by atoms with E-state index in [0.29, 0.717) is 6.04 Å². The van der Waals surface area contributed by atoms with Gasteiger partial charge in [0, 0.05) is 49.2 Å². The average molecular weight is 432 g/mol. The van der Waals surface area contributed by atoms with E-state index in [1.54, 1.807) is 4.68 Å². The molecule has 0 saturated heterocycles. The van der Waals surface area contributed by atoms with Crippen LogP contribution in [0.15, 0.2) is 36.8 Å². The van der Waals surface area contributed by atoms with E-state index in [-0.39, 0.29) is 6.10 Å². The maximum Gasteiger partial charge on any atom is 0.140 e. The Balaban J connectivity index is 1.40. The third-order valence-electron chi connectivity index (χ3n) is 6.29. The number of ether oxygens (including phenoxy) is 1. The summed E-state index contributed by atoms with van der Waals surface area (Å²) >= 11 is 0. The van der Waals surface area contributed by atoms with Gasteiger partial charge < -0.3 is 10.1 Å². The molecule has 0 aromatic carbocycles. The Morgan fingerprint density at radius 3 is 2.59 bits per heavy atom. The van der Waals surface area contributed by atoms with Gasteiger partial charge in [-0.05, 0) is 51.7 Å². The molecule has 1 N–H and O–H groups in total. The van der Waals surface area contributed by atoms with Crippen molar-refractivity contribution in [1.82, 2.24) is 29.5 Å². The first kappa shape index (κ1) is 20.5. The second kappa shape index (κ2) is 8.26. The number of aryl methyl sites for hydroxylation is 3. The zero-order chi connectivity index (χ0) is 22.2. The van der Waals surface area contributed by atoms with E-state index >= 15 is 0 Å². The second-order valence-corrected chi connectivity index (χ2v) is 8.62. The fraction of sp³-hybridized carbons (Fsp3) is 0.417. The zero-order valence-electron chi connectivity index (χ0n) is 19.0. The summed E-state index contributed by atoms with van der Waals surface area (Å²) in [6, 6.07) is 6.47. The lowest BCUT2D eigenvalue weighted by atomic mass is 9.93. The lowest BCUT2D eigenvalue weighted by molar-refractivity contribution is 0.129. The number of rotatable bonds is 5. The van der Waals surface area contributed by atoms with Crippen LogP contribution in [0.2, 0.25) is 0 Å². The maximum atomic E-state index is 6.30. The van der Waals surface area contributed by atoms with E-state index < -0.39 is 0 Å². The molecule has 1 fully saturated rings. The Labute approximate surface area is 187 Å². The number of hydrogen-bond acceptors (Lipinski definition) is 6. The standard InChI is InChI=1S/C24H29N7O/c1-15-5-10-22(16(2)28-15)32-19-8-6-18(7-9-19)31-21-11-23(25-3)26-13-20(21)24(29-31)17-12-27-30(4)14-17/h5,10-14,18-19H,6-9H2,1-4H3,(H,25,26)/t18-,19+. The van der Waals surface area contributed by atoms with Crippen LogP contribution in [0.3, 0.4) is 0 Å². The molecule has 0 bridgehead atoms. The monoisotopic (exact) mass is 431 g/mol. The van der Waals surface area contributed by atoms with Crippen LogP contribution < -0.4 is 10.1 Å². The van der Waals surface area contributed by atoms with Crippen LogP contribution in [0, 0.1) is 13.8 Å². The summed E-state index contributed by atoms with van der Waals surface area (Å²) < 4.78 is 10.3. The van der Waals surface area contributed by atoms with Gasteiger partial charge in [-0.25, -0.2) is 4.98 Å². The van der Waals surface area contributed by atoms with Gasteiger partial charge in [0.2, 0.25) is 0 Å². The molecule has 1 aliphatic rings. The van der Waals surface area contributed by atoms with Crippen molar-refractivity contribution in [3.63, 3.8) is 0 Å². The lowest BCUT2D eigenvalue weighted by Gasteiger charge is -2.30. The summed E-state index contributed by atoms with van der Waals surface area (Å²) in [4.78, 5) is 9.06. The quantitative estimate of drug-likeness (QED) is 0.503. The maximum absolute atomic E-state index is 6.30. The van der Waals surface area contributed by atoms with E-state index in [2.05, 4.69) is 31.1 Å². The smallest absolute Gasteiger partial charge is 0.140 e. The van der Waals surface area contributed by atoms with Gasteiger partial charge in [-0.15, -0.1) is 0 Å². The third-order valence-corrected chi connectivity index (χ3v) is 6.29. The summed E-state index contributed by atoms with van der Waals surface area (Å²) in [5.74, 6) is 1.74. The molecule has 1 saturated carbocycles. The van der Waals surface area contributed by atoms with Crippen molar-refractivity contribution >= 4 is 16.7 Å². The molecule has 4 aromatic heterocycles. The highest BCUT2D eigenvalue weighted by molar-refractivity contribution is 5.93. The van der Waals surface area contributed by atoms with Crippen molar-refractivity contribution in [2.75, 3.05) is 12.4 Å². The molecule has 0 amide bonds. The summed E-state index contributed by atoms with van der Waals surface area (Å²) in [7, 11) is 3.81. The minimum atomic E-state index is 0.212. The molecule has 166 valence electrons. The topological polar surface area (TPSA) is 82.7 Å². The van der Waals surface area contributed by atoms with Crippen LogP contribution >= 0.6 is 0 Å². The van der Waals surface area contributed by atoms with E-state index in [0.717, 1.165) is 70.8 Å². The highest BCUT2D eigenvalue weighted by Gasteiger charge is 2.27. The SMILES string of the molecule is CNc1cc2c(cn1)c(-c1cnn(C)c1)nn2[C@H]1CC[C@@H](Oc2ccc(C)nc2C)CC1. The van der Waals surface area contributed by atoms with Crippen LogP contribution in [-0.4, -0.2) is 42.7 Å². The number of nitrogens with one attached hydrogen (secondary N) is 1. The molecule has 0 spiro atoms. The van der Waals surface area contributed by atoms with Gasteiger partial charge in [-0.2, -0.15) is 10.2 Å². The van der Waals surface area contributed by atoms with Crippen molar-refractivity contribution < 1.29 is 4.74 Å². The highest BCUT2D eigenvalue weighted by atomic mass is 16.5. The molecular formula is C24H29N7O. The van der Waals surface area contributed by atoms with E-state index in [1.165, 1.54) is 0 Å². The molecule has 5 rings (SSSR count). The van der Waals surface area contributed by atoms with Crippen LogP contribution in [0.4, 0.5) is 5.82 Å². The van der Waals surface area contributed by atoms with E-state index in [9.17, 15) is 0 Å². The Morgan fingerprint density at radius 1 is 1.09 bits per heavy atom. The summed E-state index contributed by atoms with van der Waals surface area (Å²) in [6.45, 7) is 4.02. The predicted octanol–water partition coefficient (Wildman–Crippen LogP) is 4.45. The van der Waals surface area contributed by atoms with E-state index in [1.807, 2.05) is 58.7 Å². The predicted molar refractivity (Wildman–Crippen MR) is 125 cm³/mol. The van der Waals surface area contributed by atoms with Crippen LogP contribution in [0.1, 0.15) is 43.1 Å². The Bertz CT molecular complexity index is 1250. The van der Waals surface area contributed by atoms with Crippen LogP contribution in [-0.2, 0) is 7.05 Å². The lowest BCUT2D eigenvalue weighted by Crippen LogP contribution is -2.26. The van der Waals surface area contributed by atoms with Crippen molar-refractivity contribution in [3.8, 4) is 17.0 Å². The molecule has 4 aromatic rings. The second-order valence-electron chi connectivity index (χ2n) is 8.62. The molecule has 32 heavy (non-hydrogen) atoms. The summed E-state index contributed by atoms with van der Waals surface area (Å²) in [5.41, 5.74) is 5.02. The van der Waals surface area contributed by atoms with Crippen LogP contribution in [0.25, 0.3) is 22.2 Å². The molecule has 0 atom stereocenters. The molecule has 8 heteroatoms. The van der Waals surface area contributed by atoms with Gasteiger partial charge in [0.1, 0.15) is 17.3 Å². The molecule has 1 aliphatic carbocycles. The minimum Gasteiger partial charge on any atom is -0.489 e. The first-order chi connectivity index (χ1) is 15.5. The fourth-order valence-corrected chi connectivity index (χ4v) is 4.59. The number of pyridine rings is 2. The molecule has 4 heterocycles. The fourth-order valence-electron chi connectivity index (χ4n) is 4.59. The van der Waals surface area contributed by atoms with Gasteiger partial charge in [-0.3, -0.25) is 14.3 Å². The van der Waals surface area contributed by atoms with Gasteiger partial charge >= 0.3 is 0 Å². The van der Waals surface area contributed by atoms with Gasteiger partial charge in [0.05, 0.1) is 29.6 Å². The Kier molecular flexibility index (Phi) is 5.28. The highest BCUT2D eigenvalue weighted by Crippen LogP contribution is 2.36. The number of anilines is 1. The van der Waals surface area contributed by atoms with Crippen molar-refractivity contribution in [1.29, 1.82) is 0 Å². The molecule has 0 unspecified atom stereocenters. The molecular weight excluding hydrogens is 402 g/mol. The number of nitrogens with zero attached hydrogens (tertiary/aromatic N) is 6. The number of aromatic nitrogens is 6. The average Bonchev–Trinajstić information content (AvgIpc) is 3.39. The first-order valence-electron chi connectivity index (χ1n) is 11.2. The molecule has 0 radical (unpaired) electrons.